The summed E-state index contributed by atoms with van der Waals surface area (Å²) in [4.78, 5) is 17.8. The van der Waals surface area contributed by atoms with Gasteiger partial charge in [0.2, 0.25) is 0 Å². The van der Waals surface area contributed by atoms with Gasteiger partial charge in [-0.05, 0) is 0 Å². The number of nitrogen functional groups attached to an aromatic ring is 1. The Balaban J connectivity index is 2.31. The van der Waals surface area contributed by atoms with Crippen LogP contribution in [0.15, 0.2) is 12.5 Å². The fourth-order valence-corrected chi connectivity index (χ4v) is 0.809. The van der Waals surface area contributed by atoms with E-state index in [0.717, 1.165) is 0 Å². The Kier molecular flexibility index (Phi) is 3.48. The van der Waals surface area contributed by atoms with Gasteiger partial charge in [-0.25, -0.2) is 14.8 Å². The molecular formula is C7H11N5O2. The SMILES string of the molecule is NC(=O)OCCNc1ncncc1N. The van der Waals surface area contributed by atoms with E-state index in [9.17, 15) is 4.79 Å². The average molecular weight is 197 g/mol. The van der Waals surface area contributed by atoms with Gasteiger partial charge in [0.15, 0.2) is 5.82 Å². The van der Waals surface area contributed by atoms with Crippen LogP contribution in [-0.2, 0) is 4.74 Å². The van der Waals surface area contributed by atoms with E-state index >= 15 is 0 Å². The van der Waals surface area contributed by atoms with Gasteiger partial charge >= 0.3 is 6.09 Å². The molecule has 7 nitrogen and oxygen atoms in total. The number of carbonyl (C=O) groups excluding carboxylic acids is 1. The number of amides is 1. The highest BCUT2D eigenvalue weighted by atomic mass is 16.5. The lowest BCUT2D eigenvalue weighted by Gasteiger charge is -2.06. The van der Waals surface area contributed by atoms with Gasteiger partial charge in [-0.2, -0.15) is 0 Å². The predicted octanol–water partition coefficient (Wildman–Crippen LogP) is -0.434. The van der Waals surface area contributed by atoms with Crippen molar-refractivity contribution in [2.24, 2.45) is 5.73 Å². The molecule has 1 aromatic heterocycles. The molecule has 0 aromatic carbocycles. The Labute approximate surface area is 80.5 Å². The van der Waals surface area contributed by atoms with Crippen LogP contribution < -0.4 is 16.8 Å². The second-order valence-corrected chi connectivity index (χ2v) is 2.42. The molecule has 0 bridgehead atoms. The van der Waals surface area contributed by atoms with Crippen LogP contribution >= 0.6 is 0 Å². The van der Waals surface area contributed by atoms with E-state index in [1.165, 1.54) is 12.5 Å². The van der Waals surface area contributed by atoms with Gasteiger partial charge in [0.05, 0.1) is 18.4 Å². The first-order valence-electron chi connectivity index (χ1n) is 3.91. The zero-order chi connectivity index (χ0) is 10.4. The largest absolute Gasteiger partial charge is 0.448 e. The maximum absolute atomic E-state index is 10.2. The monoisotopic (exact) mass is 197 g/mol. The molecule has 5 N–H and O–H groups in total. The highest BCUT2D eigenvalue weighted by molar-refractivity contribution is 5.64. The number of primary amides is 1. The minimum Gasteiger partial charge on any atom is -0.448 e. The number of aromatic nitrogens is 2. The summed E-state index contributed by atoms with van der Waals surface area (Å²) in [5.41, 5.74) is 10.7. The second kappa shape index (κ2) is 4.85. The zero-order valence-electron chi connectivity index (χ0n) is 7.43. The van der Waals surface area contributed by atoms with Crippen LogP contribution in [0, 0.1) is 0 Å². The van der Waals surface area contributed by atoms with Gasteiger partial charge in [0.1, 0.15) is 12.9 Å². The predicted molar refractivity (Wildman–Crippen MR) is 50.5 cm³/mol. The quantitative estimate of drug-likeness (QED) is 0.564. The van der Waals surface area contributed by atoms with Gasteiger partial charge in [-0.1, -0.05) is 0 Å². The Hall–Kier alpha value is -2.05. The molecule has 0 aliphatic carbocycles. The van der Waals surface area contributed by atoms with E-state index in [1.54, 1.807) is 0 Å². The first kappa shape index (κ1) is 10.0. The molecule has 0 atom stereocenters. The summed E-state index contributed by atoms with van der Waals surface area (Å²) in [5, 5.41) is 2.86. The van der Waals surface area contributed by atoms with Crippen molar-refractivity contribution < 1.29 is 9.53 Å². The summed E-state index contributed by atoms with van der Waals surface area (Å²) in [6, 6.07) is 0. The molecule has 1 aromatic rings. The second-order valence-electron chi connectivity index (χ2n) is 2.42. The van der Waals surface area contributed by atoms with Crippen molar-refractivity contribution in [3.05, 3.63) is 12.5 Å². The third-order valence-corrected chi connectivity index (χ3v) is 1.38. The molecule has 1 rings (SSSR count). The van der Waals surface area contributed by atoms with Crippen LogP contribution in [0.25, 0.3) is 0 Å². The van der Waals surface area contributed by atoms with Gasteiger partial charge in [0, 0.05) is 0 Å². The van der Waals surface area contributed by atoms with E-state index in [2.05, 4.69) is 20.0 Å². The summed E-state index contributed by atoms with van der Waals surface area (Å²) in [6.07, 6.45) is 2.04. The number of hydrogen-bond acceptors (Lipinski definition) is 6. The van der Waals surface area contributed by atoms with E-state index < -0.39 is 6.09 Å². The fraction of sp³-hybridized carbons (Fsp3) is 0.286. The van der Waals surface area contributed by atoms with E-state index in [-0.39, 0.29) is 6.61 Å². The standard InChI is InChI=1S/C7H11N5O2/c8-5-3-10-4-12-6(5)11-1-2-14-7(9)13/h3-4H,1-2,8H2,(H2,9,13)(H,10,11,12). The molecule has 0 saturated heterocycles. The van der Waals surface area contributed by atoms with Crippen molar-refractivity contribution >= 4 is 17.6 Å². The maximum atomic E-state index is 10.2. The third-order valence-electron chi connectivity index (χ3n) is 1.38. The number of rotatable bonds is 4. The maximum Gasteiger partial charge on any atom is 0.404 e. The van der Waals surface area contributed by atoms with Crippen molar-refractivity contribution in [3.63, 3.8) is 0 Å². The van der Waals surface area contributed by atoms with Crippen LogP contribution in [0.3, 0.4) is 0 Å². The lowest BCUT2D eigenvalue weighted by molar-refractivity contribution is 0.161. The first-order chi connectivity index (χ1) is 6.70. The molecule has 1 amide bonds. The van der Waals surface area contributed by atoms with Gasteiger partial charge in [-0.15, -0.1) is 0 Å². The molecule has 7 heteroatoms. The number of anilines is 2. The van der Waals surface area contributed by atoms with E-state index in [0.29, 0.717) is 18.1 Å². The molecular weight excluding hydrogens is 186 g/mol. The number of nitrogens with zero attached hydrogens (tertiary/aromatic N) is 2. The van der Waals surface area contributed by atoms with Crippen molar-refractivity contribution in [3.8, 4) is 0 Å². The van der Waals surface area contributed by atoms with Crippen molar-refractivity contribution in [2.75, 3.05) is 24.2 Å². The highest BCUT2D eigenvalue weighted by Crippen LogP contribution is 2.10. The minimum absolute atomic E-state index is 0.165. The smallest absolute Gasteiger partial charge is 0.404 e. The van der Waals surface area contributed by atoms with Crippen LogP contribution in [0.4, 0.5) is 16.3 Å². The molecule has 0 aliphatic heterocycles. The summed E-state index contributed by atoms with van der Waals surface area (Å²) >= 11 is 0. The van der Waals surface area contributed by atoms with Crippen LogP contribution in [-0.4, -0.2) is 29.2 Å². The van der Waals surface area contributed by atoms with Crippen LogP contribution in [0.2, 0.25) is 0 Å². The molecule has 0 unspecified atom stereocenters. The number of nitrogens with one attached hydrogen (secondary N) is 1. The number of nitrogens with two attached hydrogens (primary N) is 2. The van der Waals surface area contributed by atoms with Gasteiger partial charge in [-0.3, -0.25) is 0 Å². The van der Waals surface area contributed by atoms with Gasteiger partial charge < -0.3 is 21.5 Å². The number of hydrogen-bond donors (Lipinski definition) is 3. The van der Waals surface area contributed by atoms with Crippen molar-refractivity contribution in [1.82, 2.24) is 9.97 Å². The average Bonchev–Trinajstić information content (AvgIpc) is 2.15. The van der Waals surface area contributed by atoms with Crippen molar-refractivity contribution in [2.45, 2.75) is 0 Å². The first-order valence-corrected chi connectivity index (χ1v) is 3.91. The molecule has 76 valence electrons. The lowest BCUT2D eigenvalue weighted by Crippen LogP contribution is -2.19. The molecule has 0 spiro atoms. The molecule has 0 saturated carbocycles. The number of ether oxygens (including phenoxy) is 1. The molecule has 14 heavy (non-hydrogen) atoms. The summed E-state index contributed by atoms with van der Waals surface area (Å²) < 4.78 is 4.50. The zero-order valence-corrected chi connectivity index (χ0v) is 7.43. The third kappa shape index (κ3) is 3.13. The molecule has 1 heterocycles. The molecule has 0 fully saturated rings. The fourth-order valence-electron chi connectivity index (χ4n) is 0.809. The van der Waals surface area contributed by atoms with Crippen LogP contribution in [0.1, 0.15) is 0 Å². The normalized spacial score (nSPS) is 9.43. The van der Waals surface area contributed by atoms with E-state index in [4.69, 9.17) is 11.5 Å². The summed E-state index contributed by atoms with van der Waals surface area (Å²) in [7, 11) is 0. The van der Waals surface area contributed by atoms with Crippen LogP contribution in [0.5, 0.6) is 0 Å². The summed E-state index contributed by atoms with van der Waals surface area (Å²) in [5.74, 6) is 0.507. The Bertz CT molecular complexity index is 317. The topological polar surface area (TPSA) is 116 Å². The summed E-state index contributed by atoms with van der Waals surface area (Å²) in [6.45, 7) is 0.558. The van der Waals surface area contributed by atoms with Gasteiger partial charge in [0.25, 0.3) is 0 Å². The minimum atomic E-state index is -0.803. The molecule has 0 radical (unpaired) electrons. The number of carbonyl (C=O) groups is 1. The Morgan fingerprint density at radius 1 is 1.64 bits per heavy atom. The lowest BCUT2D eigenvalue weighted by atomic mass is 10.5. The van der Waals surface area contributed by atoms with E-state index in [1.807, 2.05) is 0 Å². The molecule has 0 aliphatic rings. The Morgan fingerprint density at radius 3 is 3.07 bits per heavy atom. The Morgan fingerprint density at radius 2 is 2.43 bits per heavy atom. The van der Waals surface area contributed by atoms with Crippen molar-refractivity contribution in [1.29, 1.82) is 0 Å². The highest BCUT2D eigenvalue weighted by Gasteiger charge is 1.98.